The molecule has 58 heavy (non-hydrogen) atoms. The molecule has 1 aliphatic carbocycles. The first-order valence-corrected chi connectivity index (χ1v) is 20.0. The summed E-state index contributed by atoms with van der Waals surface area (Å²) in [5.74, 6) is 0.0900. The molecule has 1 saturated carbocycles. The van der Waals surface area contributed by atoms with Gasteiger partial charge in [0.05, 0.1) is 40.5 Å². The minimum atomic E-state index is -2.13. The van der Waals surface area contributed by atoms with Gasteiger partial charge in [0.15, 0.2) is 0 Å². The summed E-state index contributed by atoms with van der Waals surface area (Å²) in [7, 11) is 6.11. The molecule has 0 heterocycles. The van der Waals surface area contributed by atoms with Crippen molar-refractivity contribution < 1.29 is 38.7 Å². The number of nitrogens with zero attached hydrogens (tertiary/aromatic N) is 1. The van der Waals surface area contributed by atoms with E-state index in [1.165, 1.54) is 28.4 Å². The SMILES string of the molecule is COc1ccccc1C(O)(c1ccccc1OC)C(N(C(=O)C1(C(N)=O)CCCCC1)C(C(C)(C)C)C(O)(c1ccccc1OC)c1ccccc1OC)C(C)(C)C. The highest BCUT2D eigenvalue weighted by Crippen LogP contribution is 2.56. The van der Waals surface area contributed by atoms with Gasteiger partial charge in [-0.2, -0.15) is 0 Å². The summed E-state index contributed by atoms with van der Waals surface area (Å²) in [5, 5.41) is 28.7. The van der Waals surface area contributed by atoms with Crippen LogP contribution in [0.4, 0.5) is 0 Å². The minimum absolute atomic E-state index is 0.203. The first-order chi connectivity index (χ1) is 27.4. The Morgan fingerprint density at radius 3 is 1.07 bits per heavy atom. The predicted octanol–water partition coefficient (Wildman–Crippen LogP) is 7.99. The van der Waals surface area contributed by atoms with Gasteiger partial charge in [-0.15, -0.1) is 0 Å². The van der Waals surface area contributed by atoms with Crippen LogP contribution < -0.4 is 24.7 Å². The topological polar surface area (TPSA) is 141 Å². The number of benzene rings is 4. The fourth-order valence-corrected chi connectivity index (χ4v) is 9.56. The maximum Gasteiger partial charge on any atom is 0.239 e. The molecule has 10 heteroatoms. The molecule has 10 nitrogen and oxygen atoms in total. The lowest BCUT2D eigenvalue weighted by Gasteiger charge is -2.59. The monoisotopic (exact) mass is 794 g/mol. The van der Waals surface area contributed by atoms with Crippen LogP contribution in [0.25, 0.3) is 0 Å². The fourth-order valence-electron chi connectivity index (χ4n) is 9.56. The summed E-state index contributed by atoms with van der Waals surface area (Å²) < 4.78 is 24.0. The molecule has 1 fully saturated rings. The van der Waals surface area contributed by atoms with Gasteiger partial charge in [-0.3, -0.25) is 9.59 Å². The summed E-state index contributed by atoms with van der Waals surface area (Å²) in [5.41, 5.74) is -0.169. The molecule has 2 atom stereocenters. The lowest BCUT2D eigenvalue weighted by Crippen LogP contribution is -2.71. The van der Waals surface area contributed by atoms with Gasteiger partial charge in [0.25, 0.3) is 0 Å². The van der Waals surface area contributed by atoms with Crippen molar-refractivity contribution in [3.05, 3.63) is 119 Å². The number of primary amides is 1. The summed E-state index contributed by atoms with van der Waals surface area (Å²) in [6.07, 6.45) is 2.42. The molecule has 0 radical (unpaired) electrons. The Labute approximate surface area is 344 Å². The molecule has 0 aliphatic heterocycles. The number of ether oxygens (including phenoxy) is 4. The Balaban J connectivity index is 2.10. The highest BCUT2D eigenvalue weighted by molar-refractivity contribution is 6.05. The summed E-state index contributed by atoms with van der Waals surface area (Å²) in [6, 6.07) is 26.0. The summed E-state index contributed by atoms with van der Waals surface area (Å²) >= 11 is 0. The van der Waals surface area contributed by atoms with Crippen LogP contribution in [0.1, 0.15) is 95.9 Å². The van der Waals surface area contributed by atoms with Gasteiger partial charge in [0.1, 0.15) is 39.6 Å². The smallest absolute Gasteiger partial charge is 0.239 e. The summed E-state index contributed by atoms with van der Waals surface area (Å²) in [4.78, 5) is 32.3. The van der Waals surface area contributed by atoms with Crippen LogP contribution in [0.2, 0.25) is 0 Å². The molecule has 4 aromatic carbocycles. The van der Waals surface area contributed by atoms with E-state index < -0.39 is 51.3 Å². The zero-order valence-electron chi connectivity index (χ0n) is 35.8. The number of hydrogen-bond donors (Lipinski definition) is 3. The van der Waals surface area contributed by atoms with E-state index in [9.17, 15) is 15.0 Å². The molecule has 4 N–H and O–H groups in total. The van der Waals surface area contributed by atoms with Crippen molar-refractivity contribution in [3.63, 3.8) is 0 Å². The predicted molar refractivity (Wildman–Crippen MR) is 226 cm³/mol. The first kappa shape index (κ1) is 44.1. The average molecular weight is 795 g/mol. The number of hydrogen-bond acceptors (Lipinski definition) is 8. The molecule has 2 unspecified atom stereocenters. The number of amides is 2. The van der Waals surface area contributed by atoms with Crippen molar-refractivity contribution in [2.45, 2.75) is 96.9 Å². The van der Waals surface area contributed by atoms with E-state index >= 15 is 4.79 Å². The standard InChI is InChI=1S/C48H62N2O8/c1-44(2,3)40(47(53,32-22-12-16-26-36(32)55-7)33-23-13-17-27-37(33)56-8)50(43(52)46(42(49)51)30-20-11-21-31-46)41(45(4,5)6)48(54,34-24-14-18-28-38(34)57-9)35-25-15-19-29-39(35)58-10/h12-19,22-29,40-41,53-54H,11,20-21,30-31H2,1-10H3,(H2,49,51). The minimum Gasteiger partial charge on any atom is -0.496 e. The highest BCUT2D eigenvalue weighted by atomic mass is 16.5. The first-order valence-electron chi connectivity index (χ1n) is 20.0. The average Bonchev–Trinajstić information content (AvgIpc) is 3.21. The second kappa shape index (κ2) is 17.0. The quantitative estimate of drug-likeness (QED) is 0.109. The van der Waals surface area contributed by atoms with Crippen LogP contribution >= 0.6 is 0 Å². The Morgan fingerprint density at radius 1 is 0.552 bits per heavy atom. The third-order valence-corrected chi connectivity index (χ3v) is 11.9. The van der Waals surface area contributed by atoms with Crippen LogP contribution in [-0.4, -0.2) is 67.5 Å². The van der Waals surface area contributed by atoms with Gasteiger partial charge >= 0.3 is 0 Å². The van der Waals surface area contributed by atoms with Crippen LogP contribution in [0, 0.1) is 16.2 Å². The number of rotatable bonds is 14. The molecule has 0 saturated heterocycles. The van der Waals surface area contributed by atoms with Gasteiger partial charge in [-0.05, 0) is 47.9 Å². The van der Waals surface area contributed by atoms with Crippen LogP contribution in [0.3, 0.4) is 0 Å². The number of carbonyl (C=O) groups is 2. The van der Waals surface area contributed by atoms with Crippen LogP contribution in [0.5, 0.6) is 23.0 Å². The Hall–Kier alpha value is -5.06. The second-order valence-electron chi connectivity index (χ2n) is 17.6. The lowest BCUT2D eigenvalue weighted by atomic mass is 9.62. The van der Waals surface area contributed by atoms with Gasteiger partial charge in [0.2, 0.25) is 11.8 Å². The van der Waals surface area contributed by atoms with Crippen LogP contribution in [-0.2, 0) is 20.8 Å². The molecule has 0 bridgehead atoms. The van der Waals surface area contributed by atoms with Crippen molar-refractivity contribution >= 4 is 11.8 Å². The van der Waals surface area contributed by atoms with E-state index in [-0.39, 0.29) is 12.8 Å². The van der Waals surface area contributed by atoms with Crippen molar-refractivity contribution in [2.75, 3.05) is 28.4 Å². The van der Waals surface area contributed by atoms with E-state index in [1.807, 2.05) is 65.8 Å². The molecular formula is C48H62N2O8. The molecule has 0 aromatic heterocycles. The zero-order chi connectivity index (χ0) is 42.7. The number of methoxy groups -OCH3 is 4. The number of para-hydroxylation sites is 4. The van der Waals surface area contributed by atoms with Crippen LogP contribution in [0.15, 0.2) is 97.1 Å². The molecule has 5 rings (SSSR count). The van der Waals surface area contributed by atoms with Crippen molar-refractivity contribution in [3.8, 4) is 23.0 Å². The number of carbonyl (C=O) groups excluding carboxylic acids is 2. The third kappa shape index (κ3) is 7.64. The maximum absolute atomic E-state index is 16.6. The number of nitrogens with two attached hydrogens (primary N) is 1. The highest BCUT2D eigenvalue weighted by Gasteiger charge is 2.64. The normalized spacial score (nSPS) is 15.8. The zero-order valence-corrected chi connectivity index (χ0v) is 35.8. The summed E-state index contributed by atoms with van der Waals surface area (Å²) in [6.45, 7) is 11.6. The second-order valence-corrected chi connectivity index (χ2v) is 17.6. The third-order valence-electron chi connectivity index (χ3n) is 11.9. The van der Waals surface area contributed by atoms with E-state index in [0.717, 1.165) is 6.42 Å². The van der Waals surface area contributed by atoms with Crippen molar-refractivity contribution in [2.24, 2.45) is 22.0 Å². The maximum atomic E-state index is 16.6. The largest absolute Gasteiger partial charge is 0.496 e. The van der Waals surface area contributed by atoms with Gasteiger partial charge in [0, 0.05) is 22.3 Å². The fraction of sp³-hybridized carbons (Fsp3) is 0.458. The Morgan fingerprint density at radius 2 is 0.828 bits per heavy atom. The van der Waals surface area contributed by atoms with E-state index in [2.05, 4.69) is 0 Å². The van der Waals surface area contributed by atoms with E-state index in [4.69, 9.17) is 24.7 Å². The van der Waals surface area contributed by atoms with Crippen molar-refractivity contribution in [1.82, 2.24) is 4.90 Å². The lowest BCUT2D eigenvalue weighted by molar-refractivity contribution is -0.186. The van der Waals surface area contributed by atoms with E-state index in [1.54, 1.807) is 77.7 Å². The molecular weight excluding hydrogens is 733 g/mol. The Kier molecular flexibility index (Phi) is 12.9. The van der Waals surface area contributed by atoms with Gasteiger partial charge < -0.3 is 39.8 Å². The molecule has 1 aliphatic rings. The molecule has 2 amide bonds. The Bertz CT molecular complexity index is 1840. The van der Waals surface area contributed by atoms with E-state index in [0.29, 0.717) is 58.1 Å². The number of aliphatic hydroxyl groups is 2. The van der Waals surface area contributed by atoms with Gasteiger partial charge in [-0.1, -0.05) is 134 Å². The van der Waals surface area contributed by atoms with Crippen molar-refractivity contribution in [1.29, 1.82) is 0 Å². The molecule has 4 aromatic rings. The molecule has 0 spiro atoms. The molecule has 312 valence electrons. The van der Waals surface area contributed by atoms with Gasteiger partial charge in [-0.25, -0.2) is 0 Å².